The van der Waals surface area contributed by atoms with Crippen molar-refractivity contribution >= 4 is 11.7 Å². The summed E-state index contributed by atoms with van der Waals surface area (Å²) < 4.78 is 1.80. The topological polar surface area (TPSA) is 96.2 Å². The number of aromatic nitrogens is 4. The van der Waals surface area contributed by atoms with Crippen molar-refractivity contribution in [2.45, 2.75) is 44.6 Å². The summed E-state index contributed by atoms with van der Waals surface area (Å²) in [6.45, 7) is 0.520. The van der Waals surface area contributed by atoms with Crippen LogP contribution in [0.15, 0.2) is 73.2 Å². The maximum absolute atomic E-state index is 13.7. The second kappa shape index (κ2) is 12.3. The number of hydrogen-bond acceptors (Lipinski definition) is 6. The molecule has 1 aliphatic rings. The van der Waals surface area contributed by atoms with Crippen molar-refractivity contribution in [2.24, 2.45) is 18.9 Å². The average Bonchev–Trinajstić information content (AvgIpc) is 3.41. The highest BCUT2D eigenvalue weighted by Gasteiger charge is 2.33. The lowest BCUT2D eigenvalue weighted by atomic mass is 9.72. The Morgan fingerprint density at radius 2 is 1.75 bits per heavy atom. The number of aromatic hydroxyl groups is 1. The van der Waals surface area contributed by atoms with Crippen LogP contribution in [0.3, 0.4) is 0 Å². The number of carbonyl (C=O) groups excluding carboxylic acids is 1. The maximum Gasteiger partial charge on any atom is 0.228 e. The third kappa shape index (κ3) is 6.50. The highest BCUT2D eigenvalue weighted by molar-refractivity contribution is 5.84. The molecular weight excluding hydrogens is 500 g/mol. The Morgan fingerprint density at radius 1 is 1.02 bits per heavy atom. The van der Waals surface area contributed by atoms with E-state index in [0.717, 1.165) is 60.2 Å². The van der Waals surface area contributed by atoms with Gasteiger partial charge in [-0.25, -0.2) is 9.97 Å². The van der Waals surface area contributed by atoms with Gasteiger partial charge in [0.15, 0.2) is 11.6 Å². The molecule has 2 N–H and O–H groups in total. The van der Waals surface area contributed by atoms with E-state index in [0.29, 0.717) is 18.3 Å². The summed E-state index contributed by atoms with van der Waals surface area (Å²) in [5.74, 6) is 1.98. The number of nitrogens with one attached hydrogen (secondary N) is 1. The minimum Gasteiger partial charge on any atom is -0.503 e. The van der Waals surface area contributed by atoms with E-state index in [2.05, 4.69) is 44.6 Å². The zero-order chi connectivity index (χ0) is 28.1. The van der Waals surface area contributed by atoms with E-state index in [-0.39, 0.29) is 23.5 Å². The van der Waals surface area contributed by atoms with Gasteiger partial charge in [-0.05, 0) is 54.2 Å². The third-order valence-corrected chi connectivity index (χ3v) is 7.96. The van der Waals surface area contributed by atoms with Gasteiger partial charge in [0.2, 0.25) is 5.91 Å². The molecule has 0 radical (unpaired) electrons. The van der Waals surface area contributed by atoms with E-state index in [9.17, 15) is 9.90 Å². The molecule has 4 aromatic rings. The Bertz CT molecular complexity index is 1410. The first-order valence-corrected chi connectivity index (χ1v) is 14.0. The standard InChI is InChI=1S/C32H38N6O2/c1-37(2)31-28(39)20-33-29(36-31)17-22-9-11-25(12-10-22)30(32(40)34-18-23-7-5-4-6-8-23)26-15-13-24(14-16-26)27-19-35-38(3)21-27/h4-8,13-16,19-22,25,30,39H,9-12,17-18H2,1-3H3,(H,34,40)/t22-,25-,30?. The molecule has 2 aromatic heterocycles. The van der Waals surface area contributed by atoms with E-state index in [1.807, 2.05) is 63.9 Å². The molecule has 8 heteroatoms. The smallest absolute Gasteiger partial charge is 0.228 e. The third-order valence-electron chi connectivity index (χ3n) is 7.96. The first-order valence-electron chi connectivity index (χ1n) is 14.0. The van der Waals surface area contributed by atoms with E-state index < -0.39 is 0 Å². The highest BCUT2D eigenvalue weighted by atomic mass is 16.3. The highest BCUT2D eigenvalue weighted by Crippen LogP contribution is 2.40. The Labute approximate surface area is 236 Å². The van der Waals surface area contributed by atoms with Gasteiger partial charge in [-0.2, -0.15) is 5.10 Å². The van der Waals surface area contributed by atoms with Crippen LogP contribution in [0.2, 0.25) is 0 Å². The number of rotatable bonds is 9. The van der Waals surface area contributed by atoms with Crippen LogP contribution in [0.25, 0.3) is 11.1 Å². The Kier molecular flexibility index (Phi) is 8.43. The molecule has 8 nitrogen and oxygen atoms in total. The normalized spacial score (nSPS) is 17.8. The van der Waals surface area contributed by atoms with Crippen molar-refractivity contribution in [3.63, 3.8) is 0 Å². The molecule has 0 aliphatic heterocycles. The van der Waals surface area contributed by atoms with Gasteiger partial charge >= 0.3 is 0 Å². The number of carbonyl (C=O) groups is 1. The zero-order valence-electron chi connectivity index (χ0n) is 23.5. The van der Waals surface area contributed by atoms with Gasteiger partial charge in [0.05, 0.1) is 18.3 Å². The summed E-state index contributed by atoms with van der Waals surface area (Å²) in [6.07, 6.45) is 10.1. The second-order valence-electron chi connectivity index (χ2n) is 11.1. The van der Waals surface area contributed by atoms with Crippen LogP contribution in [-0.2, 0) is 24.8 Å². The summed E-state index contributed by atoms with van der Waals surface area (Å²) in [7, 11) is 5.64. The molecular formula is C32H38N6O2. The summed E-state index contributed by atoms with van der Waals surface area (Å²) in [5.41, 5.74) is 4.30. The number of hydrogen-bond donors (Lipinski definition) is 2. The fourth-order valence-electron chi connectivity index (χ4n) is 5.80. The molecule has 1 aliphatic carbocycles. The Morgan fingerprint density at radius 3 is 2.40 bits per heavy atom. The zero-order valence-corrected chi connectivity index (χ0v) is 23.5. The molecule has 5 rings (SSSR count). The van der Waals surface area contributed by atoms with Gasteiger partial charge in [-0.1, -0.05) is 54.6 Å². The van der Waals surface area contributed by atoms with Crippen LogP contribution in [-0.4, -0.2) is 44.9 Å². The van der Waals surface area contributed by atoms with Crippen molar-refractivity contribution in [1.82, 2.24) is 25.1 Å². The van der Waals surface area contributed by atoms with Crippen LogP contribution in [0.5, 0.6) is 5.75 Å². The number of amides is 1. The molecule has 1 amide bonds. The predicted octanol–water partition coefficient (Wildman–Crippen LogP) is 5.10. The minimum absolute atomic E-state index is 0.0823. The van der Waals surface area contributed by atoms with Crippen molar-refractivity contribution < 1.29 is 9.90 Å². The molecule has 1 unspecified atom stereocenters. The van der Waals surface area contributed by atoms with Gasteiger partial charge in [-0.3, -0.25) is 9.48 Å². The minimum atomic E-state index is -0.210. The quantitative estimate of drug-likeness (QED) is 0.308. The van der Waals surface area contributed by atoms with Gasteiger partial charge in [0.25, 0.3) is 0 Å². The molecule has 40 heavy (non-hydrogen) atoms. The largest absolute Gasteiger partial charge is 0.503 e. The number of anilines is 1. The monoisotopic (exact) mass is 538 g/mol. The van der Waals surface area contributed by atoms with E-state index >= 15 is 0 Å². The van der Waals surface area contributed by atoms with Crippen molar-refractivity contribution in [3.8, 4) is 16.9 Å². The number of benzene rings is 2. The van der Waals surface area contributed by atoms with Crippen molar-refractivity contribution in [3.05, 3.63) is 90.1 Å². The lowest BCUT2D eigenvalue weighted by Crippen LogP contribution is -2.35. The van der Waals surface area contributed by atoms with Gasteiger partial charge in [0.1, 0.15) is 5.82 Å². The van der Waals surface area contributed by atoms with Crippen LogP contribution in [0.1, 0.15) is 48.6 Å². The van der Waals surface area contributed by atoms with Crippen LogP contribution < -0.4 is 10.2 Å². The van der Waals surface area contributed by atoms with Crippen LogP contribution >= 0.6 is 0 Å². The van der Waals surface area contributed by atoms with Crippen LogP contribution in [0, 0.1) is 11.8 Å². The molecule has 1 fully saturated rings. The summed E-state index contributed by atoms with van der Waals surface area (Å²) in [4.78, 5) is 24.5. The summed E-state index contributed by atoms with van der Waals surface area (Å²) in [6, 6.07) is 18.5. The number of nitrogens with zero attached hydrogens (tertiary/aromatic N) is 5. The first kappa shape index (κ1) is 27.4. The predicted molar refractivity (Wildman–Crippen MR) is 157 cm³/mol. The molecule has 1 saturated carbocycles. The molecule has 208 valence electrons. The molecule has 1 atom stereocenters. The molecule has 2 heterocycles. The molecule has 0 spiro atoms. The molecule has 0 saturated heterocycles. The Hall–Kier alpha value is -4.20. The van der Waals surface area contributed by atoms with E-state index in [1.54, 1.807) is 9.58 Å². The maximum atomic E-state index is 13.7. The van der Waals surface area contributed by atoms with E-state index in [1.165, 1.54) is 6.20 Å². The lowest BCUT2D eigenvalue weighted by Gasteiger charge is -2.33. The fourth-order valence-corrected chi connectivity index (χ4v) is 5.80. The van der Waals surface area contributed by atoms with E-state index in [4.69, 9.17) is 0 Å². The van der Waals surface area contributed by atoms with Gasteiger partial charge in [0, 0.05) is 45.9 Å². The molecule has 0 bridgehead atoms. The Balaban J connectivity index is 1.30. The van der Waals surface area contributed by atoms with Crippen LogP contribution in [0.4, 0.5) is 5.82 Å². The van der Waals surface area contributed by atoms with Crippen molar-refractivity contribution in [2.75, 3.05) is 19.0 Å². The SMILES string of the molecule is CN(C)c1nc(C[C@H]2CC[C@H](C(C(=O)NCc3ccccc3)c3ccc(-c4cnn(C)c4)cc3)CC2)ncc1O. The average molecular weight is 539 g/mol. The number of aryl methyl sites for hydroxylation is 1. The van der Waals surface area contributed by atoms with Crippen molar-refractivity contribution in [1.29, 1.82) is 0 Å². The summed E-state index contributed by atoms with van der Waals surface area (Å²) in [5, 5.41) is 17.6. The summed E-state index contributed by atoms with van der Waals surface area (Å²) >= 11 is 0. The van der Waals surface area contributed by atoms with Gasteiger partial charge in [-0.15, -0.1) is 0 Å². The fraction of sp³-hybridized carbons (Fsp3) is 0.375. The first-order chi connectivity index (χ1) is 19.4. The molecule has 2 aromatic carbocycles. The van der Waals surface area contributed by atoms with Gasteiger partial charge < -0.3 is 15.3 Å². The lowest BCUT2D eigenvalue weighted by molar-refractivity contribution is -0.124. The second-order valence-corrected chi connectivity index (χ2v) is 11.1.